The molecule has 1 aliphatic carbocycles. The van der Waals surface area contributed by atoms with Crippen molar-refractivity contribution in [1.29, 1.82) is 0 Å². The lowest BCUT2D eigenvalue weighted by Crippen LogP contribution is -1.98. The fourth-order valence-electron chi connectivity index (χ4n) is 2.40. The van der Waals surface area contributed by atoms with Crippen LogP contribution in [0.4, 0.5) is 11.5 Å². The molecule has 0 aliphatic heterocycles. The van der Waals surface area contributed by atoms with Crippen molar-refractivity contribution in [1.82, 2.24) is 19.5 Å². The molecule has 0 atom stereocenters. The number of fused-ring (bicyclic) bond motifs is 1. The highest BCUT2D eigenvalue weighted by atomic mass is 32.2. The van der Waals surface area contributed by atoms with Crippen molar-refractivity contribution < 1.29 is 0 Å². The zero-order valence-electron chi connectivity index (χ0n) is 11.7. The van der Waals surface area contributed by atoms with Crippen LogP contribution in [0, 0.1) is 0 Å². The molecule has 106 valence electrons. The highest BCUT2D eigenvalue weighted by Crippen LogP contribution is 2.37. The van der Waals surface area contributed by atoms with Gasteiger partial charge in [-0.15, -0.1) is 11.8 Å². The third-order valence-corrected chi connectivity index (χ3v) is 4.36. The number of thioether (sulfide) groups is 1. The largest absolute Gasteiger partial charge is 0.338 e. The number of rotatable bonds is 4. The number of imidazole rings is 1. The molecule has 1 saturated carbocycles. The fourth-order valence-corrected chi connectivity index (χ4v) is 2.86. The first-order valence-electron chi connectivity index (χ1n) is 6.94. The van der Waals surface area contributed by atoms with Crippen LogP contribution in [0.3, 0.4) is 0 Å². The fraction of sp³-hybridized carbons (Fsp3) is 0.267. The van der Waals surface area contributed by atoms with Crippen LogP contribution in [0.1, 0.15) is 18.9 Å². The second-order valence-electron chi connectivity index (χ2n) is 5.13. The summed E-state index contributed by atoms with van der Waals surface area (Å²) in [4.78, 5) is 14.4. The van der Waals surface area contributed by atoms with Crippen molar-refractivity contribution >= 4 is 34.4 Å². The zero-order chi connectivity index (χ0) is 14.2. The van der Waals surface area contributed by atoms with Gasteiger partial charge in [0.05, 0.1) is 6.33 Å². The molecule has 21 heavy (non-hydrogen) atoms. The van der Waals surface area contributed by atoms with Crippen molar-refractivity contribution in [2.45, 2.75) is 23.8 Å². The van der Waals surface area contributed by atoms with Crippen LogP contribution in [-0.4, -0.2) is 25.8 Å². The maximum atomic E-state index is 4.49. The molecule has 0 saturated heterocycles. The van der Waals surface area contributed by atoms with E-state index >= 15 is 0 Å². The number of anilines is 2. The molecule has 4 rings (SSSR count). The van der Waals surface area contributed by atoms with Gasteiger partial charge in [-0.3, -0.25) is 0 Å². The van der Waals surface area contributed by atoms with E-state index in [2.05, 4.69) is 43.2 Å². The lowest BCUT2D eigenvalue weighted by Gasteiger charge is -2.07. The van der Waals surface area contributed by atoms with E-state index in [1.807, 2.05) is 18.5 Å². The summed E-state index contributed by atoms with van der Waals surface area (Å²) < 4.78 is 2.15. The van der Waals surface area contributed by atoms with Gasteiger partial charge >= 0.3 is 0 Å². The Kier molecular flexibility index (Phi) is 3.03. The number of nitrogens with one attached hydrogen (secondary N) is 1. The molecule has 1 aromatic carbocycles. The average Bonchev–Trinajstić information content (AvgIpc) is 3.27. The molecule has 3 aromatic rings. The first-order chi connectivity index (χ1) is 10.3. The van der Waals surface area contributed by atoms with Gasteiger partial charge in [0.25, 0.3) is 0 Å². The third-order valence-electron chi connectivity index (χ3n) is 3.63. The molecule has 0 amide bonds. The molecule has 2 aromatic heterocycles. The van der Waals surface area contributed by atoms with Gasteiger partial charge in [0.1, 0.15) is 6.33 Å². The Morgan fingerprint density at radius 3 is 2.95 bits per heavy atom. The van der Waals surface area contributed by atoms with Crippen LogP contribution in [0.25, 0.3) is 11.2 Å². The molecule has 6 heteroatoms. The van der Waals surface area contributed by atoms with Crippen LogP contribution < -0.4 is 5.32 Å². The molecule has 1 fully saturated rings. The van der Waals surface area contributed by atoms with Gasteiger partial charge in [-0.2, -0.15) is 0 Å². The minimum Gasteiger partial charge on any atom is -0.338 e. The summed E-state index contributed by atoms with van der Waals surface area (Å²) in [6, 6.07) is 8.84. The molecule has 1 N–H and O–H groups in total. The molecule has 1 aliphatic rings. The summed E-state index contributed by atoms with van der Waals surface area (Å²) >= 11 is 1.72. The van der Waals surface area contributed by atoms with Crippen LogP contribution in [0.2, 0.25) is 0 Å². The molecule has 2 heterocycles. The van der Waals surface area contributed by atoms with Gasteiger partial charge in [0.2, 0.25) is 0 Å². The predicted molar refractivity (Wildman–Crippen MR) is 85.1 cm³/mol. The maximum absolute atomic E-state index is 4.49. The first-order valence-corrected chi connectivity index (χ1v) is 8.16. The average molecular weight is 297 g/mol. The summed E-state index contributed by atoms with van der Waals surface area (Å²) in [7, 11) is 0. The van der Waals surface area contributed by atoms with Crippen LogP contribution in [0.15, 0.2) is 41.8 Å². The van der Waals surface area contributed by atoms with Gasteiger partial charge in [0.15, 0.2) is 17.0 Å². The quantitative estimate of drug-likeness (QED) is 0.745. The molecule has 0 unspecified atom stereocenters. The smallest absolute Gasteiger partial charge is 0.165 e. The second-order valence-corrected chi connectivity index (χ2v) is 6.01. The van der Waals surface area contributed by atoms with Crippen LogP contribution >= 0.6 is 11.8 Å². The molecule has 5 nitrogen and oxygen atoms in total. The van der Waals surface area contributed by atoms with E-state index in [1.54, 1.807) is 18.1 Å². The van der Waals surface area contributed by atoms with Crippen molar-refractivity contribution in [3.63, 3.8) is 0 Å². The van der Waals surface area contributed by atoms with Gasteiger partial charge in [0, 0.05) is 16.6 Å². The summed E-state index contributed by atoms with van der Waals surface area (Å²) in [5.74, 6) is 0.762. The lowest BCUT2D eigenvalue weighted by molar-refractivity contribution is 0.756. The Balaban J connectivity index is 1.72. The Hall–Kier alpha value is -2.08. The number of nitrogens with zero attached hydrogens (tertiary/aromatic N) is 4. The summed E-state index contributed by atoms with van der Waals surface area (Å²) in [6.45, 7) is 0. The Bertz CT molecular complexity index is 794. The number of aromatic nitrogens is 4. The molecular weight excluding hydrogens is 282 g/mol. The monoisotopic (exact) mass is 297 g/mol. The topological polar surface area (TPSA) is 55.6 Å². The predicted octanol–water partition coefficient (Wildman–Crippen LogP) is 3.63. The normalized spacial score (nSPS) is 14.5. The summed E-state index contributed by atoms with van der Waals surface area (Å²) in [6.07, 6.45) is 7.98. The van der Waals surface area contributed by atoms with Crippen molar-refractivity contribution in [2.75, 3.05) is 11.6 Å². The van der Waals surface area contributed by atoms with E-state index in [9.17, 15) is 0 Å². The summed E-state index contributed by atoms with van der Waals surface area (Å²) in [5, 5.41) is 3.35. The third kappa shape index (κ3) is 2.35. The van der Waals surface area contributed by atoms with Crippen LogP contribution in [0.5, 0.6) is 0 Å². The Labute approximate surface area is 126 Å². The van der Waals surface area contributed by atoms with Crippen molar-refractivity contribution in [3.05, 3.63) is 36.9 Å². The zero-order valence-corrected chi connectivity index (χ0v) is 12.5. The van der Waals surface area contributed by atoms with Crippen molar-refractivity contribution in [2.24, 2.45) is 0 Å². The van der Waals surface area contributed by atoms with Gasteiger partial charge in [-0.05, 0) is 37.3 Å². The molecule has 0 bridgehead atoms. The second kappa shape index (κ2) is 5.04. The van der Waals surface area contributed by atoms with E-state index in [4.69, 9.17) is 0 Å². The number of hydrogen-bond donors (Lipinski definition) is 1. The van der Waals surface area contributed by atoms with Gasteiger partial charge in [-0.25, -0.2) is 15.0 Å². The van der Waals surface area contributed by atoms with Gasteiger partial charge in [-0.1, -0.05) is 6.07 Å². The summed E-state index contributed by atoms with van der Waals surface area (Å²) in [5.41, 5.74) is 2.76. The maximum Gasteiger partial charge on any atom is 0.165 e. The van der Waals surface area contributed by atoms with E-state index in [-0.39, 0.29) is 0 Å². The van der Waals surface area contributed by atoms with E-state index in [0.717, 1.165) is 22.7 Å². The van der Waals surface area contributed by atoms with E-state index < -0.39 is 0 Å². The van der Waals surface area contributed by atoms with E-state index in [0.29, 0.717) is 6.04 Å². The molecular formula is C15H15N5S. The van der Waals surface area contributed by atoms with Crippen molar-refractivity contribution in [3.8, 4) is 0 Å². The Morgan fingerprint density at radius 1 is 1.24 bits per heavy atom. The molecule has 0 radical (unpaired) electrons. The first kappa shape index (κ1) is 12.6. The minimum absolute atomic E-state index is 0.567. The lowest BCUT2D eigenvalue weighted by atomic mass is 10.3. The highest BCUT2D eigenvalue weighted by Gasteiger charge is 2.26. The van der Waals surface area contributed by atoms with Crippen LogP contribution in [-0.2, 0) is 0 Å². The van der Waals surface area contributed by atoms with Gasteiger partial charge < -0.3 is 9.88 Å². The highest BCUT2D eigenvalue weighted by molar-refractivity contribution is 7.98. The standard InChI is InChI=1S/C15H15N5S/c1-21-12-4-2-3-10(7-12)19-14-13-15(17-8-16-14)20(9-18-13)11-5-6-11/h2-4,7-9,11H,5-6H2,1H3,(H,16,17,19). The van der Waals surface area contributed by atoms with E-state index in [1.165, 1.54) is 17.7 Å². The Morgan fingerprint density at radius 2 is 2.14 bits per heavy atom. The molecule has 0 spiro atoms. The SMILES string of the molecule is CSc1cccc(Nc2ncnc3c2ncn3C2CC2)c1. The number of hydrogen-bond acceptors (Lipinski definition) is 5. The number of benzene rings is 1. The minimum atomic E-state index is 0.567.